The van der Waals surface area contributed by atoms with Gasteiger partial charge in [0.25, 0.3) is 0 Å². The second kappa shape index (κ2) is 5.99. The lowest BCUT2D eigenvalue weighted by atomic mass is 9.86. The van der Waals surface area contributed by atoms with Crippen molar-refractivity contribution in [3.8, 4) is 0 Å². The van der Waals surface area contributed by atoms with Gasteiger partial charge < -0.3 is 15.0 Å². The average Bonchev–Trinajstić information content (AvgIpc) is 2.25. The molecule has 0 aromatic rings. The van der Waals surface area contributed by atoms with Crippen LogP contribution in [0.3, 0.4) is 0 Å². The van der Waals surface area contributed by atoms with Gasteiger partial charge in [-0.2, -0.15) is 0 Å². The van der Waals surface area contributed by atoms with Gasteiger partial charge in [-0.05, 0) is 32.4 Å². The molecule has 1 heterocycles. The number of rotatable bonds is 4. The molecule has 0 radical (unpaired) electrons. The Labute approximate surface area is 101 Å². The molecule has 1 atom stereocenters. The molecular formula is C13H28N2O. The Morgan fingerprint density at radius 3 is 2.31 bits per heavy atom. The van der Waals surface area contributed by atoms with Crippen molar-refractivity contribution in [1.29, 1.82) is 0 Å². The van der Waals surface area contributed by atoms with E-state index in [0.29, 0.717) is 17.5 Å². The molecule has 1 fully saturated rings. The van der Waals surface area contributed by atoms with E-state index in [4.69, 9.17) is 4.74 Å². The van der Waals surface area contributed by atoms with E-state index >= 15 is 0 Å². The number of nitrogens with one attached hydrogen (secondary N) is 1. The number of hydrogen-bond donors (Lipinski definition) is 1. The molecule has 0 amide bonds. The van der Waals surface area contributed by atoms with E-state index in [9.17, 15) is 0 Å². The van der Waals surface area contributed by atoms with E-state index in [1.54, 1.807) is 0 Å². The molecule has 0 spiro atoms. The molecule has 1 rings (SSSR count). The molecule has 0 saturated carbocycles. The zero-order chi connectivity index (χ0) is 12.2. The van der Waals surface area contributed by atoms with Crippen molar-refractivity contribution in [2.75, 3.05) is 33.9 Å². The topological polar surface area (TPSA) is 24.5 Å². The van der Waals surface area contributed by atoms with E-state index in [1.807, 2.05) is 0 Å². The predicted octanol–water partition coefficient (Wildman–Crippen LogP) is 1.73. The molecule has 0 aromatic carbocycles. The fourth-order valence-electron chi connectivity index (χ4n) is 2.36. The third-order valence-electron chi connectivity index (χ3n) is 3.68. The summed E-state index contributed by atoms with van der Waals surface area (Å²) in [5.74, 6) is 0. The van der Waals surface area contributed by atoms with Crippen molar-refractivity contribution in [2.45, 2.75) is 45.7 Å². The lowest BCUT2D eigenvalue weighted by molar-refractivity contribution is 0.0355. The summed E-state index contributed by atoms with van der Waals surface area (Å²) >= 11 is 0. The second-order valence-corrected chi connectivity index (χ2v) is 5.99. The van der Waals surface area contributed by atoms with Crippen molar-refractivity contribution in [3.05, 3.63) is 0 Å². The Hall–Kier alpha value is -0.120. The molecule has 96 valence electrons. The standard InChI is InChI=1S/C13H28N2O/c1-13(2,3)12(14-4)10-15(5)11-6-8-16-9-7-11/h11-12,14H,6-10H2,1-5H3. The predicted molar refractivity (Wildman–Crippen MR) is 68.8 cm³/mol. The van der Waals surface area contributed by atoms with Crippen LogP contribution in [0.15, 0.2) is 0 Å². The van der Waals surface area contributed by atoms with Gasteiger partial charge in [0.1, 0.15) is 0 Å². The molecule has 0 aromatic heterocycles. The Morgan fingerprint density at radius 2 is 1.88 bits per heavy atom. The maximum atomic E-state index is 5.41. The van der Waals surface area contributed by atoms with Gasteiger partial charge in [0, 0.05) is 31.8 Å². The van der Waals surface area contributed by atoms with Crippen molar-refractivity contribution in [1.82, 2.24) is 10.2 Å². The molecule has 1 N–H and O–H groups in total. The zero-order valence-corrected chi connectivity index (χ0v) is 11.5. The first-order valence-electron chi connectivity index (χ1n) is 6.40. The summed E-state index contributed by atoms with van der Waals surface area (Å²) in [6.45, 7) is 9.86. The van der Waals surface area contributed by atoms with Crippen LogP contribution in [-0.4, -0.2) is 50.8 Å². The number of hydrogen-bond acceptors (Lipinski definition) is 3. The molecule has 0 bridgehead atoms. The zero-order valence-electron chi connectivity index (χ0n) is 11.5. The van der Waals surface area contributed by atoms with Crippen LogP contribution in [-0.2, 0) is 4.74 Å². The van der Waals surface area contributed by atoms with E-state index < -0.39 is 0 Å². The number of likely N-dealkylation sites (N-methyl/N-ethyl adjacent to an activating group) is 2. The third-order valence-corrected chi connectivity index (χ3v) is 3.68. The smallest absolute Gasteiger partial charge is 0.0480 e. The van der Waals surface area contributed by atoms with Gasteiger partial charge in [0.05, 0.1) is 0 Å². The lowest BCUT2D eigenvalue weighted by Crippen LogP contribution is -2.49. The van der Waals surface area contributed by atoms with Crippen molar-refractivity contribution < 1.29 is 4.74 Å². The number of ether oxygens (including phenoxy) is 1. The second-order valence-electron chi connectivity index (χ2n) is 5.99. The Kier molecular flexibility index (Phi) is 5.22. The summed E-state index contributed by atoms with van der Waals surface area (Å²) in [6, 6.07) is 1.24. The molecule has 3 nitrogen and oxygen atoms in total. The highest BCUT2D eigenvalue weighted by Crippen LogP contribution is 2.21. The normalized spacial score (nSPS) is 21.4. The fourth-order valence-corrected chi connectivity index (χ4v) is 2.36. The fraction of sp³-hybridized carbons (Fsp3) is 1.00. The summed E-state index contributed by atoms with van der Waals surface area (Å²) in [5, 5.41) is 3.44. The molecule has 1 saturated heterocycles. The molecule has 16 heavy (non-hydrogen) atoms. The minimum Gasteiger partial charge on any atom is -0.381 e. The van der Waals surface area contributed by atoms with Crippen LogP contribution in [0.1, 0.15) is 33.6 Å². The van der Waals surface area contributed by atoms with Gasteiger partial charge in [-0.25, -0.2) is 0 Å². The van der Waals surface area contributed by atoms with Crippen LogP contribution in [0.25, 0.3) is 0 Å². The SMILES string of the molecule is CNC(CN(C)C1CCOCC1)C(C)(C)C. The quantitative estimate of drug-likeness (QED) is 0.793. The van der Waals surface area contributed by atoms with Gasteiger partial charge in [0.15, 0.2) is 0 Å². The first-order valence-corrected chi connectivity index (χ1v) is 6.40. The van der Waals surface area contributed by atoms with Crippen LogP contribution in [0.2, 0.25) is 0 Å². The Balaban J connectivity index is 2.44. The van der Waals surface area contributed by atoms with Gasteiger partial charge in [-0.15, -0.1) is 0 Å². The third kappa shape index (κ3) is 4.04. The summed E-state index contributed by atoms with van der Waals surface area (Å²) in [5.41, 5.74) is 0.314. The minimum absolute atomic E-state index is 0.314. The molecule has 1 aliphatic rings. The summed E-state index contributed by atoms with van der Waals surface area (Å²) < 4.78 is 5.41. The van der Waals surface area contributed by atoms with Crippen LogP contribution < -0.4 is 5.32 Å². The molecule has 3 heteroatoms. The highest BCUT2D eigenvalue weighted by atomic mass is 16.5. The molecule has 1 aliphatic heterocycles. The monoisotopic (exact) mass is 228 g/mol. The summed E-state index contributed by atoms with van der Waals surface area (Å²) in [6.07, 6.45) is 2.36. The highest BCUT2D eigenvalue weighted by molar-refractivity contribution is 4.84. The molecule has 1 unspecified atom stereocenters. The van der Waals surface area contributed by atoms with Crippen molar-refractivity contribution >= 4 is 0 Å². The van der Waals surface area contributed by atoms with Crippen LogP contribution in [0.4, 0.5) is 0 Å². The largest absolute Gasteiger partial charge is 0.381 e. The van der Waals surface area contributed by atoms with Crippen LogP contribution in [0, 0.1) is 5.41 Å². The van der Waals surface area contributed by atoms with E-state index in [1.165, 1.54) is 12.8 Å². The van der Waals surface area contributed by atoms with Crippen molar-refractivity contribution in [3.63, 3.8) is 0 Å². The van der Waals surface area contributed by atoms with E-state index in [-0.39, 0.29) is 0 Å². The van der Waals surface area contributed by atoms with E-state index in [2.05, 4.69) is 45.1 Å². The first-order chi connectivity index (χ1) is 7.45. The van der Waals surface area contributed by atoms with Gasteiger partial charge >= 0.3 is 0 Å². The van der Waals surface area contributed by atoms with Crippen LogP contribution in [0.5, 0.6) is 0 Å². The first kappa shape index (κ1) is 13.9. The maximum absolute atomic E-state index is 5.41. The molecular weight excluding hydrogens is 200 g/mol. The highest BCUT2D eigenvalue weighted by Gasteiger charge is 2.27. The Morgan fingerprint density at radius 1 is 1.31 bits per heavy atom. The van der Waals surface area contributed by atoms with Crippen LogP contribution >= 0.6 is 0 Å². The summed E-state index contributed by atoms with van der Waals surface area (Å²) in [7, 11) is 4.31. The van der Waals surface area contributed by atoms with Gasteiger partial charge in [-0.3, -0.25) is 0 Å². The minimum atomic E-state index is 0.314. The number of nitrogens with zero attached hydrogens (tertiary/aromatic N) is 1. The Bertz CT molecular complexity index is 195. The maximum Gasteiger partial charge on any atom is 0.0480 e. The van der Waals surface area contributed by atoms with E-state index in [0.717, 1.165) is 19.8 Å². The molecule has 0 aliphatic carbocycles. The van der Waals surface area contributed by atoms with Crippen molar-refractivity contribution in [2.24, 2.45) is 5.41 Å². The van der Waals surface area contributed by atoms with Gasteiger partial charge in [-0.1, -0.05) is 20.8 Å². The average molecular weight is 228 g/mol. The lowest BCUT2D eigenvalue weighted by Gasteiger charge is -2.38. The van der Waals surface area contributed by atoms with Gasteiger partial charge in [0.2, 0.25) is 0 Å². The summed E-state index contributed by atoms with van der Waals surface area (Å²) in [4.78, 5) is 2.49.